The van der Waals surface area contributed by atoms with Gasteiger partial charge in [0.1, 0.15) is 18.1 Å². The summed E-state index contributed by atoms with van der Waals surface area (Å²) < 4.78 is 70.3. The molecule has 0 unspecified atom stereocenters. The average molecular weight is 607 g/mol. The van der Waals surface area contributed by atoms with E-state index >= 15 is 0 Å². The van der Waals surface area contributed by atoms with Crippen LogP contribution in [0.1, 0.15) is 50.3 Å². The van der Waals surface area contributed by atoms with Gasteiger partial charge in [0.05, 0.1) is 28.9 Å². The summed E-state index contributed by atoms with van der Waals surface area (Å²) in [5.74, 6) is -0.00199. The summed E-state index contributed by atoms with van der Waals surface area (Å²) in [5, 5.41) is 9.81. The Morgan fingerprint density at radius 1 is 0.977 bits per heavy atom. The molecule has 2 aromatic heterocycles. The van der Waals surface area contributed by atoms with E-state index in [2.05, 4.69) is 10.2 Å². The molecule has 0 radical (unpaired) electrons. The lowest BCUT2D eigenvalue weighted by atomic mass is 9.61. The van der Waals surface area contributed by atoms with Crippen LogP contribution in [-0.2, 0) is 30.7 Å². The van der Waals surface area contributed by atoms with Crippen molar-refractivity contribution in [1.82, 2.24) is 19.7 Å². The molecule has 3 fully saturated rings. The van der Waals surface area contributed by atoms with E-state index in [9.17, 15) is 18.0 Å². The van der Waals surface area contributed by atoms with Gasteiger partial charge in [-0.1, -0.05) is 0 Å². The highest BCUT2D eigenvalue weighted by Crippen LogP contribution is 2.55. The molecule has 43 heavy (non-hydrogen) atoms. The van der Waals surface area contributed by atoms with Crippen LogP contribution in [0.3, 0.4) is 0 Å². The van der Waals surface area contributed by atoms with Crippen molar-refractivity contribution in [1.29, 1.82) is 0 Å². The van der Waals surface area contributed by atoms with Crippen molar-refractivity contribution in [3.8, 4) is 17.0 Å². The topological polar surface area (TPSA) is 97.2 Å². The quantitative estimate of drug-likeness (QED) is 0.296. The van der Waals surface area contributed by atoms with Crippen molar-refractivity contribution in [2.75, 3.05) is 40.9 Å². The maximum Gasteiger partial charge on any atom is 0.416 e. The summed E-state index contributed by atoms with van der Waals surface area (Å²) in [4.78, 5) is 14.8. The molecular formula is C30H37F3N4O6. The minimum absolute atomic E-state index is 0.00199. The molecule has 1 amide bonds. The standard InChI is InChI=1S/C30H37F3N4O6/c1-18-8-20(30(31,32)33)9-23(41-16-39-6)24(18)22-10-21-19(2)11-37(25(21)35-34-22)28-12-29(13-28,42-17-40-7)15-36(14-28)26(38)43-27(3,4)5/h8-11H,12-17H2,1-7H3. The first kappa shape index (κ1) is 31.0. The molecule has 1 aromatic carbocycles. The van der Waals surface area contributed by atoms with Gasteiger partial charge in [-0.25, -0.2) is 4.79 Å². The van der Waals surface area contributed by atoms with Crippen molar-refractivity contribution in [2.24, 2.45) is 0 Å². The van der Waals surface area contributed by atoms with E-state index < -0.39 is 34.6 Å². The lowest BCUT2D eigenvalue weighted by molar-refractivity contribution is -0.239. The summed E-state index contributed by atoms with van der Waals surface area (Å²) in [6.07, 6.45) is -1.74. The van der Waals surface area contributed by atoms with Crippen LogP contribution in [0.15, 0.2) is 24.4 Å². The fourth-order valence-corrected chi connectivity index (χ4v) is 6.31. The van der Waals surface area contributed by atoms with Crippen LogP contribution in [0.25, 0.3) is 22.3 Å². The maximum atomic E-state index is 13.6. The third-order valence-electron chi connectivity index (χ3n) is 7.88. The summed E-state index contributed by atoms with van der Waals surface area (Å²) in [5.41, 5.74) is -0.0199. The highest BCUT2D eigenvalue weighted by Gasteiger charge is 2.63. The summed E-state index contributed by atoms with van der Waals surface area (Å²) in [6, 6.07) is 3.83. The second-order valence-electron chi connectivity index (χ2n) is 12.5. The molecule has 2 aliphatic heterocycles. The fourth-order valence-electron chi connectivity index (χ4n) is 6.31. The van der Waals surface area contributed by atoms with E-state index in [1.807, 2.05) is 44.5 Å². The van der Waals surface area contributed by atoms with Crippen LogP contribution in [0.4, 0.5) is 18.0 Å². The predicted octanol–water partition coefficient (Wildman–Crippen LogP) is 5.82. The van der Waals surface area contributed by atoms with E-state index in [0.717, 1.165) is 23.1 Å². The Hall–Kier alpha value is -3.42. The van der Waals surface area contributed by atoms with Gasteiger partial charge in [0.25, 0.3) is 0 Å². The number of aromatic nitrogens is 3. The Kier molecular flexibility index (Phi) is 7.89. The van der Waals surface area contributed by atoms with Crippen LogP contribution in [0.2, 0.25) is 0 Å². The lowest BCUT2D eigenvalue weighted by Crippen LogP contribution is -2.73. The first-order chi connectivity index (χ1) is 20.1. The van der Waals surface area contributed by atoms with Gasteiger partial charge in [-0.05, 0) is 63.9 Å². The molecule has 1 aliphatic carbocycles. The third-order valence-corrected chi connectivity index (χ3v) is 7.88. The molecular weight excluding hydrogens is 569 g/mol. The Balaban J connectivity index is 1.55. The van der Waals surface area contributed by atoms with Gasteiger partial charge in [-0.2, -0.15) is 13.2 Å². The molecule has 2 bridgehead atoms. The number of benzene rings is 1. The van der Waals surface area contributed by atoms with Gasteiger partial charge in [-0.3, -0.25) is 0 Å². The number of ether oxygens (including phenoxy) is 5. The highest BCUT2D eigenvalue weighted by molar-refractivity contribution is 5.85. The first-order valence-corrected chi connectivity index (χ1v) is 13.9. The number of fused-ring (bicyclic) bond motifs is 3. The normalized spacial score (nSPS) is 22.0. The maximum absolute atomic E-state index is 13.6. The SMILES string of the molecule is COCOc1cc(C(F)(F)F)cc(C)c1-c1cc2c(C)cn(C34CN(C(=O)OC(C)(C)C)CC(OCOC)(C3)C4)c2nn1. The number of aryl methyl sites for hydroxylation is 2. The van der Waals surface area contributed by atoms with Gasteiger partial charge in [0.2, 0.25) is 0 Å². The van der Waals surface area contributed by atoms with Gasteiger partial charge >= 0.3 is 12.3 Å². The number of carbonyl (C=O) groups is 1. The van der Waals surface area contributed by atoms with Crippen molar-refractivity contribution in [2.45, 2.75) is 70.4 Å². The van der Waals surface area contributed by atoms with Crippen molar-refractivity contribution in [3.05, 3.63) is 41.1 Å². The smallest absolute Gasteiger partial charge is 0.416 e. The fraction of sp³-hybridized carbons (Fsp3) is 0.567. The number of nitrogens with zero attached hydrogens (tertiary/aromatic N) is 4. The summed E-state index contributed by atoms with van der Waals surface area (Å²) >= 11 is 0. The zero-order valence-corrected chi connectivity index (χ0v) is 25.4. The number of halogens is 3. The highest BCUT2D eigenvalue weighted by atomic mass is 19.4. The number of carbonyl (C=O) groups excluding carboxylic acids is 1. The van der Waals surface area contributed by atoms with Gasteiger partial charge in [0.15, 0.2) is 12.4 Å². The van der Waals surface area contributed by atoms with Crippen LogP contribution in [0.5, 0.6) is 5.75 Å². The van der Waals surface area contributed by atoms with Crippen LogP contribution in [-0.4, -0.2) is 77.9 Å². The zero-order valence-electron chi connectivity index (χ0n) is 25.4. The molecule has 4 heterocycles. The molecule has 10 nitrogen and oxygen atoms in total. The lowest BCUT2D eigenvalue weighted by Gasteiger charge is -2.62. The predicted molar refractivity (Wildman–Crippen MR) is 151 cm³/mol. The molecule has 6 rings (SSSR count). The Labute approximate surface area is 248 Å². The van der Waals surface area contributed by atoms with Crippen molar-refractivity contribution < 1.29 is 41.7 Å². The van der Waals surface area contributed by atoms with E-state index in [1.165, 1.54) is 7.11 Å². The van der Waals surface area contributed by atoms with E-state index in [1.54, 1.807) is 18.9 Å². The molecule has 3 aromatic rings. The number of rotatable bonds is 8. The van der Waals surface area contributed by atoms with Crippen LogP contribution in [0, 0.1) is 13.8 Å². The van der Waals surface area contributed by atoms with E-state index in [-0.39, 0.29) is 19.3 Å². The first-order valence-electron chi connectivity index (χ1n) is 13.9. The molecule has 234 valence electrons. The summed E-state index contributed by atoms with van der Waals surface area (Å²) in [7, 11) is 2.94. The number of methoxy groups -OCH3 is 2. The number of alkyl halides is 3. The van der Waals surface area contributed by atoms with Gasteiger partial charge in [-0.15, -0.1) is 10.2 Å². The monoisotopic (exact) mass is 606 g/mol. The largest absolute Gasteiger partial charge is 0.467 e. The van der Waals surface area contributed by atoms with E-state index in [4.69, 9.17) is 23.7 Å². The van der Waals surface area contributed by atoms with E-state index in [0.29, 0.717) is 48.4 Å². The average Bonchev–Trinajstić information content (AvgIpc) is 3.24. The van der Waals surface area contributed by atoms with Crippen molar-refractivity contribution >= 4 is 17.1 Å². The molecule has 13 heteroatoms. The molecule has 0 N–H and O–H groups in total. The van der Waals surface area contributed by atoms with Gasteiger partial charge in [0, 0.05) is 50.8 Å². The minimum atomic E-state index is -4.55. The molecule has 0 spiro atoms. The second-order valence-corrected chi connectivity index (χ2v) is 12.5. The zero-order chi connectivity index (χ0) is 31.4. The second kappa shape index (κ2) is 10.9. The number of hydrogen-bond donors (Lipinski definition) is 0. The minimum Gasteiger partial charge on any atom is -0.467 e. The Morgan fingerprint density at radius 2 is 1.67 bits per heavy atom. The number of hydrogen-bond acceptors (Lipinski definition) is 8. The molecule has 2 saturated heterocycles. The number of piperidine rings is 2. The third kappa shape index (κ3) is 5.89. The van der Waals surface area contributed by atoms with Crippen LogP contribution >= 0.6 is 0 Å². The molecule has 0 atom stereocenters. The Bertz CT molecular complexity index is 1520. The summed E-state index contributed by atoms with van der Waals surface area (Å²) in [6.45, 7) is 9.60. The Morgan fingerprint density at radius 3 is 2.30 bits per heavy atom. The molecule has 3 aliphatic rings. The number of amides is 1. The molecule has 1 saturated carbocycles. The van der Waals surface area contributed by atoms with Crippen molar-refractivity contribution in [3.63, 3.8) is 0 Å². The van der Waals surface area contributed by atoms with Gasteiger partial charge < -0.3 is 33.2 Å². The van der Waals surface area contributed by atoms with Crippen LogP contribution < -0.4 is 4.74 Å².